The Kier molecular flexibility index (Phi) is 0.116. The topological polar surface area (TPSA) is 0 Å². The molecule has 1 spiro atoms. The third-order valence-electron chi connectivity index (χ3n) is 15.6. The maximum atomic E-state index is 2.48. The summed E-state index contributed by atoms with van der Waals surface area (Å²) in [6, 6.07) is 0. The Morgan fingerprint density at radius 3 is 1.57 bits per heavy atom. The van der Waals surface area contributed by atoms with Gasteiger partial charge in [0.1, 0.15) is 0 Å². The van der Waals surface area contributed by atoms with E-state index in [9.17, 15) is 0 Å². The van der Waals surface area contributed by atoms with Gasteiger partial charge in [0.05, 0.1) is 0 Å². The molecule has 1 heteroatoms. The van der Waals surface area contributed by atoms with Gasteiger partial charge in [0.15, 0.2) is 0 Å². The fourth-order valence-electron chi connectivity index (χ4n) is 17.7. The van der Waals surface area contributed by atoms with Crippen LogP contribution in [0.1, 0.15) is 19.8 Å². The molecule has 0 aromatic heterocycles. The van der Waals surface area contributed by atoms with Crippen molar-refractivity contribution in [2.75, 3.05) is 0 Å². The van der Waals surface area contributed by atoms with Crippen molar-refractivity contribution >= 4 is 0 Å². The van der Waals surface area contributed by atoms with Gasteiger partial charge in [0, 0.05) is 0 Å². The van der Waals surface area contributed by atoms with Crippen molar-refractivity contribution in [2.45, 2.75) is 64.4 Å². The second-order valence-corrected chi connectivity index (χ2v) is 47.8. The summed E-state index contributed by atoms with van der Waals surface area (Å²) < 4.78 is 15.5. The Morgan fingerprint density at radius 1 is 0.857 bits per heavy atom. The maximum absolute atomic E-state index is 2.81. The van der Waals surface area contributed by atoms with Crippen molar-refractivity contribution in [3.05, 3.63) is 0 Å². The van der Waals surface area contributed by atoms with E-state index in [-0.39, 0.29) is 0 Å². The van der Waals surface area contributed by atoms with Crippen LogP contribution in [0.4, 0.5) is 0 Å². The SMILES string of the molecule is CCC[C]12[CH]3[CH]4[CH]5[CH]1[Ru]45321678[CH]2[CH]1[CH]6[CH]7[CH]28. The van der Waals surface area contributed by atoms with Crippen molar-refractivity contribution in [1.82, 2.24) is 0 Å². The zero-order valence-corrected chi connectivity index (χ0v) is 10.2. The van der Waals surface area contributed by atoms with E-state index in [1.165, 1.54) is 4.01 Å². The Hall–Kier alpha value is 0.623. The molecule has 4 atom stereocenters. The normalized spacial score (nSPS) is 142. The average molecular weight is 273 g/mol. The van der Waals surface area contributed by atoms with E-state index < -0.39 is 7.72 Å². The Labute approximate surface area is 72.2 Å². The molecule has 14 heavy (non-hydrogen) atoms. The van der Waals surface area contributed by atoms with E-state index in [0.717, 1.165) is 0 Å². The summed E-state index contributed by atoms with van der Waals surface area (Å²) in [5, 5.41) is 0. The van der Waals surface area contributed by atoms with Crippen LogP contribution in [0.15, 0.2) is 0 Å². The molecule has 0 aromatic rings. The van der Waals surface area contributed by atoms with Crippen LogP contribution in [-0.4, -0.2) is 0 Å². The minimum atomic E-state index is -2.81. The van der Waals surface area contributed by atoms with E-state index in [0.29, 0.717) is 0 Å². The molecule has 76 valence electrons. The van der Waals surface area contributed by atoms with Crippen molar-refractivity contribution in [1.29, 1.82) is 0 Å². The van der Waals surface area contributed by atoms with Gasteiger partial charge in [-0.25, -0.2) is 0 Å². The molecule has 10 fully saturated rings. The summed E-state index contributed by atoms with van der Waals surface area (Å²) in [5.74, 6) is 0. The Bertz CT molecular complexity index is 781. The Balaban J connectivity index is 1.85. The third-order valence-corrected chi connectivity index (χ3v) is 83.4. The first kappa shape index (κ1) is 4.86. The molecule has 0 amide bonds. The molecule has 0 aliphatic carbocycles. The second-order valence-electron chi connectivity index (χ2n) is 10.6. The zero-order valence-electron chi connectivity index (χ0n) is 8.46. The van der Waals surface area contributed by atoms with Gasteiger partial charge in [-0.3, -0.25) is 0 Å². The van der Waals surface area contributed by atoms with Crippen molar-refractivity contribution in [3.63, 3.8) is 0 Å². The van der Waals surface area contributed by atoms with Crippen LogP contribution < -0.4 is 0 Å². The molecule has 0 bridgehead atoms. The summed E-state index contributed by atoms with van der Waals surface area (Å²) in [6.45, 7) is 2.48. The van der Waals surface area contributed by atoms with Crippen LogP contribution in [0, 0.1) is 0 Å². The molecule has 0 N–H and O–H groups in total. The van der Waals surface area contributed by atoms with Crippen molar-refractivity contribution in [2.24, 2.45) is 0 Å². The Morgan fingerprint density at radius 2 is 1.36 bits per heavy atom. The first-order chi connectivity index (χ1) is 6.61. The van der Waals surface area contributed by atoms with E-state index in [1.54, 1.807) is 53.5 Å². The molecule has 0 radical (unpaired) electrons. The van der Waals surface area contributed by atoms with Crippen LogP contribution >= 0.6 is 0 Å². The first-order valence-electron chi connectivity index (χ1n) is 6.82. The molecule has 10 saturated heterocycles. The van der Waals surface area contributed by atoms with Crippen LogP contribution in [0.2, 0.25) is 44.6 Å². The molecule has 10 aliphatic heterocycles. The summed E-state index contributed by atoms with van der Waals surface area (Å²) >= 11 is 0. The van der Waals surface area contributed by atoms with Gasteiger partial charge < -0.3 is 0 Å². The fraction of sp³-hybridized carbons (Fsp3) is 1.00. The summed E-state index contributed by atoms with van der Waals surface area (Å²) in [5.41, 5.74) is 0. The van der Waals surface area contributed by atoms with Crippen molar-refractivity contribution < 1.29 is 7.72 Å². The average Bonchev–Trinajstić information content (AvgIpc) is 3.14. The summed E-state index contributed by atoms with van der Waals surface area (Å²) in [4.78, 5) is 0. The second kappa shape index (κ2) is 0.334. The molecule has 0 nitrogen and oxygen atoms in total. The number of hydrogen-bond donors (Lipinski definition) is 0. The fourth-order valence-corrected chi connectivity index (χ4v) is 153. The summed E-state index contributed by atoms with van der Waals surface area (Å²) in [7, 11) is -2.81. The van der Waals surface area contributed by atoms with Crippen LogP contribution in [0.5, 0.6) is 0 Å². The standard InChI is InChI=1S/C8H11.C5H5.Ru/c1-2-5-8-6-3-4-7-8;1-2-4-5-3-1;/h3-4,6-7H,2,5H2,1H3;1-5H;. The van der Waals surface area contributed by atoms with Gasteiger partial charge >= 0.3 is 72.1 Å². The number of rotatable bonds is 2. The molecule has 0 saturated carbocycles. The first-order valence-corrected chi connectivity index (χ1v) is 16.7. The van der Waals surface area contributed by atoms with Gasteiger partial charge in [-0.15, -0.1) is 0 Å². The third kappa shape index (κ3) is 0.0360. The van der Waals surface area contributed by atoms with Gasteiger partial charge in [0.25, 0.3) is 0 Å². The molecule has 10 aliphatic rings. The van der Waals surface area contributed by atoms with E-state index >= 15 is 0 Å². The molecule has 10 rings (SSSR count). The number of hydrogen-bond acceptors (Lipinski definition) is 0. The van der Waals surface area contributed by atoms with E-state index in [1.807, 2.05) is 0 Å². The molecule has 0 aromatic carbocycles. The zero-order chi connectivity index (χ0) is 8.43. The van der Waals surface area contributed by atoms with Crippen molar-refractivity contribution in [3.8, 4) is 0 Å². The van der Waals surface area contributed by atoms with Crippen LogP contribution in [-0.2, 0) is 7.72 Å². The molecule has 10 heterocycles. The predicted molar refractivity (Wildman–Crippen MR) is 51.4 cm³/mol. The summed E-state index contributed by atoms with van der Waals surface area (Å²) in [6.07, 6.45) is 3.31. The number of fused-ring (bicyclic) bond motifs is 10. The molecular weight excluding hydrogens is 257 g/mol. The molecular formula is C13H16Ru. The van der Waals surface area contributed by atoms with Gasteiger partial charge in [-0.2, -0.15) is 0 Å². The molecule has 4 unspecified atom stereocenters. The van der Waals surface area contributed by atoms with E-state index in [2.05, 4.69) is 6.92 Å². The monoisotopic (exact) mass is 274 g/mol. The van der Waals surface area contributed by atoms with Crippen LogP contribution in [0.3, 0.4) is 0 Å². The minimum absolute atomic E-state index is 1.26. The van der Waals surface area contributed by atoms with E-state index in [4.69, 9.17) is 0 Å². The van der Waals surface area contributed by atoms with Gasteiger partial charge in [-0.1, -0.05) is 0 Å². The van der Waals surface area contributed by atoms with Crippen LogP contribution in [0.25, 0.3) is 0 Å². The quantitative estimate of drug-likeness (QED) is 0.648. The predicted octanol–water partition coefficient (Wildman–Crippen LogP) is 4.55. The van der Waals surface area contributed by atoms with Gasteiger partial charge in [0.2, 0.25) is 0 Å². The van der Waals surface area contributed by atoms with Gasteiger partial charge in [-0.05, 0) is 0 Å².